The summed E-state index contributed by atoms with van der Waals surface area (Å²) in [5.41, 5.74) is 1.96. The molecule has 0 fully saturated rings. The molecule has 0 bridgehead atoms. The zero-order chi connectivity index (χ0) is 19.5. The van der Waals surface area contributed by atoms with Gasteiger partial charge in [0.25, 0.3) is 0 Å². The highest BCUT2D eigenvalue weighted by molar-refractivity contribution is 7.90. The smallest absolute Gasteiger partial charge is 0.189 e. The standard InChI is InChI=1S/C18H23NO6S/c1-12-7-15(20)8-13(2)19(12)10-16(21)14-5-6-17(24-3)18(9-14)25-11-26(4,22)23/h5-9,16,21H,10-11H2,1-4H3. The molecule has 7 nitrogen and oxygen atoms in total. The fourth-order valence-corrected chi connectivity index (χ4v) is 2.98. The van der Waals surface area contributed by atoms with Gasteiger partial charge < -0.3 is 19.1 Å². The number of aromatic nitrogens is 1. The van der Waals surface area contributed by atoms with Crippen molar-refractivity contribution in [3.8, 4) is 11.5 Å². The molecule has 142 valence electrons. The Hall–Kier alpha value is -2.32. The first-order valence-corrected chi connectivity index (χ1v) is 10.0. The third-order valence-corrected chi connectivity index (χ3v) is 4.46. The maximum Gasteiger partial charge on any atom is 0.189 e. The largest absolute Gasteiger partial charge is 0.493 e. The SMILES string of the molecule is COc1ccc(C(O)Cn2c(C)cc(=O)cc2C)cc1OCS(C)(=O)=O. The van der Waals surface area contributed by atoms with E-state index < -0.39 is 21.9 Å². The zero-order valence-corrected chi connectivity index (χ0v) is 16.0. The van der Waals surface area contributed by atoms with E-state index >= 15 is 0 Å². The van der Waals surface area contributed by atoms with Crippen LogP contribution in [0, 0.1) is 13.8 Å². The van der Waals surface area contributed by atoms with Gasteiger partial charge in [-0.15, -0.1) is 0 Å². The molecule has 2 rings (SSSR count). The Kier molecular flexibility index (Phi) is 6.09. The molecule has 2 aromatic rings. The average Bonchev–Trinajstić information content (AvgIpc) is 2.55. The summed E-state index contributed by atoms with van der Waals surface area (Å²) in [6, 6.07) is 7.87. The van der Waals surface area contributed by atoms with E-state index in [2.05, 4.69) is 0 Å². The lowest BCUT2D eigenvalue weighted by Crippen LogP contribution is -2.17. The van der Waals surface area contributed by atoms with E-state index in [0.717, 1.165) is 17.6 Å². The molecule has 1 unspecified atom stereocenters. The summed E-state index contributed by atoms with van der Waals surface area (Å²) in [7, 11) is -1.87. The Morgan fingerprint density at radius 1 is 1.12 bits per heavy atom. The number of benzene rings is 1. The molecule has 0 spiro atoms. The van der Waals surface area contributed by atoms with Gasteiger partial charge in [-0.25, -0.2) is 8.42 Å². The van der Waals surface area contributed by atoms with Crippen LogP contribution in [0.25, 0.3) is 0 Å². The summed E-state index contributed by atoms with van der Waals surface area (Å²) in [6.07, 6.45) is 0.196. The molecule has 1 aromatic heterocycles. The van der Waals surface area contributed by atoms with Crippen molar-refractivity contribution in [2.45, 2.75) is 26.5 Å². The van der Waals surface area contributed by atoms with Crippen LogP contribution in [0.15, 0.2) is 35.1 Å². The minimum Gasteiger partial charge on any atom is -0.493 e. The second kappa shape index (κ2) is 7.92. The third kappa shape index (κ3) is 5.09. The van der Waals surface area contributed by atoms with E-state index in [1.54, 1.807) is 32.0 Å². The average molecular weight is 381 g/mol. The van der Waals surface area contributed by atoms with Crippen LogP contribution < -0.4 is 14.9 Å². The zero-order valence-electron chi connectivity index (χ0n) is 15.2. The van der Waals surface area contributed by atoms with Crippen LogP contribution in [0.4, 0.5) is 0 Å². The molecule has 0 aliphatic rings. The van der Waals surface area contributed by atoms with Gasteiger partial charge in [-0.3, -0.25) is 4.79 Å². The van der Waals surface area contributed by atoms with Crippen LogP contribution in [-0.4, -0.2) is 37.4 Å². The number of ether oxygens (including phenoxy) is 2. The predicted molar refractivity (Wildman–Crippen MR) is 98.5 cm³/mol. The molecule has 0 aliphatic carbocycles. The minimum atomic E-state index is -3.32. The van der Waals surface area contributed by atoms with Crippen molar-refractivity contribution in [2.75, 3.05) is 19.3 Å². The van der Waals surface area contributed by atoms with Gasteiger partial charge in [-0.2, -0.15) is 0 Å². The first kappa shape index (κ1) is 20.0. The number of sulfone groups is 1. The highest BCUT2D eigenvalue weighted by Gasteiger charge is 2.15. The first-order valence-electron chi connectivity index (χ1n) is 7.95. The van der Waals surface area contributed by atoms with Crippen LogP contribution in [0.5, 0.6) is 11.5 Å². The van der Waals surface area contributed by atoms with E-state index in [1.807, 2.05) is 4.57 Å². The number of nitrogens with zero attached hydrogens (tertiary/aromatic N) is 1. The Morgan fingerprint density at radius 3 is 2.27 bits per heavy atom. The van der Waals surface area contributed by atoms with Crippen LogP contribution in [0.3, 0.4) is 0 Å². The lowest BCUT2D eigenvalue weighted by Gasteiger charge is -2.19. The van der Waals surface area contributed by atoms with Crippen molar-refractivity contribution in [1.82, 2.24) is 4.57 Å². The summed E-state index contributed by atoms with van der Waals surface area (Å²) in [4.78, 5) is 11.5. The summed E-state index contributed by atoms with van der Waals surface area (Å²) < 4.78 is 35.0. The van der Waals surface area contributed by atoms with Gasteiger partial charge in [-0.1, -0.05) is 6.07 Å². The number of pyridine rings is 1. The van der Waals surface area contributed by atoms with Crippen molar-refractivity contribution >= 4 is 9.84 Å². The fraction of sp³-hybridized carbons (Fsp3) is 0.389. The number of aliphatic hydroxyl groups excluding tert-OH is 1. The quantitative estimate of drug-likeness (QED) is 0.783. The van der Waals surface area contributed by atoms with Crippen molar-refractivity contribution in [2.24, 2.45) is 0 Å². The number of methoxy groups -OCH3 is 1. The van der Waals surface area contributed by atoms with E-state index in [0.29, 0.717) is 11.3 Å². The maximum atomic E-state index is 11.5. The number of aliphatic hydroxyl groups is 1. The lowest BCUT2D eigenvalue weighted by molar-refractivity contribution is 0.154. The Balaban J connectivity index is 2.29. The molecule has 0 amide bonds. The Morgan fingerprint density at radius 2 is 1.73 bits per heavy atom. The summed E-state index contributed by atoms with van der Waals surface area (Å²) in [6.45, 7) is 3.85. The van der Waals surface area contributed by atoms with Crippen LogP contribution in [-0.2, 0) is 16.4 Å². The molecule has 0 aliphatic heterocycles. The number of hydrogen-bond acceptors (Lipinski definition) is 6. The van der Waals surface area contributed by atoms with E-state index in [1.165, 1.54) is 19.2 Å². The van der Waals surface area contributed by atoms with E-state index in [4.69, 9.17) is 9.47 Å². The molecule has 1 heterocycles. The van der Waals surface area contributed by atoms with Gasteiger partial charge in [0.15, 0.2) is 32.7 Å². The molecule has 1 atom stereocenters. The van der Waals surface area contributed by atoms with Crippen molar-refractivity contribution in [3.63, 3.8) is 0 Å². The monoisotopic (exact) mass is 381 g/mol. The summed E-state index contributed by atoms with van der Waals surface area (Å²) in [5.74, 6) is 0.129. The molecular formula is C18H23NO6S. The van der Waals surface area contributed by atoms with Crippen molar-refractivity contribution < 1.29 is 23.0 Å². The highest BCUT2D eigenvalue weighted by atomic mass is 32.2. The molecule has 1 aromatic carbocycles. The molecule has 0 saturated carbocycles. The first-order chi connectivity index (χ1) is 12.1. The predicted octanol–water partition coefficient (Wildman–Crippen LogP) is 1.59. The number of hydrogen-bond donors (Lipinski definition) is 1. The topological polar surface area (TPSA) is 94.8 Å². The fourth-order valence-electron chi connectivity index (χ4n) is 2.64. The van der Waals surface area contributed by atoms with Crippen LogP contribution in [0.2, 0.25) is 0 Å². The maximum absolute atomic E-state index is 11.5. The van der Waals surface area contributed by atoms with Gasteiger partial charge in [0.2, 0.25) is 0 Å². The second-order valence-corrected chi connectivity index (χ2v) is 8.29. The molecule has 26 heavy (non-hydrogen) atoms. The molecule has 0 radical (unpaired) electrons. The third-order valence-electron chi connectivity index (χ3n) is 3.91. The molecule has 1 N–H and O–H groups in total. The summed E-state index contributed by atoms with van der Waals surface area (Å²) in [5, 5.41) is 10.6. The van der Waals surface area contributed by atoms with Crippen LogP contribution >= 0.6 is 0 Å². The van der Waals surface area contributed by atoms with Gasteiger partial charge in [0.05, 0.1) is 19.8 Å². The molecule has 0 saturated heterocycles. The minimum absolute atomic E-state index is 0.0772. The van der Waals surface area contributed by atoms with Gasteiger partial charge in [-0.05, 0) is 31.5 Å². The second-order valence-electron chi connectivity index (χ2n) is 6.20. The molecular weight excluding hydrogens is 358 g/mol. The normalized spacial score (nSPS) is 12.7. The van der Waals surface area contributed by atoms with Crippen molar-refractivity contribution in [1.29, 1.82) is 0 Å². The Bertz CT molecular complexity index is 922. The van der Waals surface area contributed by atoms with Crippen molar-refractivity contribution in [3.05, 3.63) is 57.5 Å². The van der Waals surface area contributed by atoms with E-state index in [-0.39, 0.29) is 17.7 Å². The highest BCUT2D eigenvalue weighted by Crippen LogP contribution is 2.31. The Labute approximate surface area is 152 Å². The molecule has 8 heteroatoms. The van der Waals surface area contributed by atoms with Gasteiger partial charge >= 0.3 is 0 Å². The number of rotatable bonds is 7. The number of aryl methyl sites for hydroxylation is 2. The van der Waals surface area contributed by atoms with Gasteiger partial charge in [0, 0.05) is 29.8 Å². The summed E-state index contributed by atoms with van der Waals surface area (Å²) >= 11 is 0. The van der Waals surface area contributed by atoms with Crippen LogP contribution in [0.1, 0.15) is 23.1 Å². The lowest BCUT2D eigenvalue weighted by atomic mass is 10.1. The van der Waals surface area contributed by atoms with Gasteiger partial charge in [0.1, 0.15) is 0 Å². The van der Waals surface area contributed by atoms with E-state index in [9.17, 15) is 18.3 Å².